The smallest absolute Gasteiger partial charge is 0.241 e. The summed E-state index contributed by atoms with van der Waals surface area (Å²) < 4.78 is 31.3. The van der Waals surface area contributed by atoms with Crippen molar-refractivity contribution in [3.63, 3.8) is 0 Å². The second kappa shape index (κ2) is 7.28. The number of carbonyl (C=O) groups excluding carboxylic acids is 1. The van der Waals surface area contributed by atoms with Crippen LogP contribution in [0, 0.1) is 11.7 Å². The predicted molar refractivity (Wildman–Crippen MR) is 100 cm³/mol. The van der Waals surface area contributed by atoms with Crippen molar-refractivity contribution >= 4 is 11.9 Å². The Morgan fingerprint density at radius 1 is 1.34 bits per heavy atom. The lowest BCUT2D eigenvalue weighted by Gasteiger charge is -2.45. The minimum Gasteiger partial charge on any atom is -0.480 e. The fourth-order valence-corrected chi connectivity index (χ4v) is 3.66. The van der Waals surface area contributed by atoms with Crippen molar-refractivity contribution in [1.82, 2.24) is 14.9 Å². The molecular formula is C19H20FN5O4. The number of methoxy groups -OCH3 is 1. The molecule has 4 rings (SSSR count). The van der Waals surface area contributed by atoms with Crippen LogP contribution in [0.2, 0.25) is 0 Å². The molecule has 0 aliphatic carbocycles. The van der Waals surface area contributed by atoms with Crippen LogP contribution >= 0.6 is 0 Å². The van der Waals surface area contributed by atoms with Gasteiger partial charge in [0.1, 0.15) is 17.1 Å². The number of nitrogens with two attached hydrogens (primary N) is 1. The van der Waals surface area contributed by atoms with E-state index in [0.29, 0.717) is 18.8 Å². The molecule has 1 fully saturated rings. The van der Waals surface area contributed by atoms with Gasteiger partial charge in [-0.3, -0.25) is 14.7 Å². The number of carbonyl (C=O) groups is 1. The number of halogens is 1. The van der Waals surface area contributed by atoms with Crippen molar-refractivity contribution in [2.24, 2.45) is 16.6 Å². The number of rotatable bonds is 4. The molecule has 1 amide bonds. The van der Waals surface area contributed by atoms with Crippen molar-refractivity contribution in [1.29, 1.82) is 0 Å². The molecule has 1 saturated heterocycles. The van der Waals surface area contributed by atoms with Gasteiger partial charge in [-0.1, -0.05) is 0 Å². The fourth-order valence-electron chi connectivity index (χ4n) is 3.66. The van der Waals surface area contributed by atoms with Gasteiger partial charge >= 0.3 is 0 Å². The molecule has 0 radical (unpaired) electrons. The van der Waals surface area contributed by atoms with Crippen LogP contribution in [0.5, 0.6) is 17.5 Å². The van der Waals surface area contributed by atoms with Crippen LogP contribution in [0.25, 0.3) is 0 Å². The van der Waals surface area contributed by atoms with Crippen molar-refractivity contribution in [2.45, 2.75) is 12.0 Å². The highest BCUT2D eigenvalue weighted by Gasteiger charge is 2.52. The first-order valence-electron chi connectivity index (χ1n) is 8.99. The molecule has 2 unspecified atom stereocenters. The number of amides is 1. The quantitative estimate of drug-likeness (QED) is 0.825. The number of guanidine groups is 1. The number of nitrogens with zero attached hydrogens (tertiary/aromatic N) is 4. The molecule has 1 aromatic heterocycles. The summed E-state index contributed by atoms with van der Waals surface area (Å²) in [4.78, 5) is 26.7. The predicted octanol–water partition coefficient (Wildman–Crippen LogP) is 1.44. The molecule has 2 aliphatic heterocycles. The van der Waals surface area contributed by atoms with Gasteiger partial charge in [0.2, 0.25) is 17.7 Å². The van der Waals surface area contributed by atoms with Gasteiger partial charge in [-0.15, -0.1) is 0 Å². The molecule has 152 valence electrons. The third kappa shape index (κ3) is 3.25. The van der Waals surface area contributed by atoms with Crippen molar-refractivity contribution in [2.75, 3.05) is 27.4 Å². The molecule has 2 atom stereocenters. The van der Waals surface area contributed by atoms with E-state index in [4.69, 9.17) is 19.9 Å². The van der Waals surface area contributed by atoms with E-state index in [2.05, 4.69) is 15.0 Å². The van der Waals surface area contributed by atoms with Crippen LogP contribution in [-0.4, -0.2) is 54.1 Å². The second-order valence-electron chi connectivity index (χ2n) is 6.83. The molecule has 0 saturated carbocycles. The molecule has 3 heterocycles. The van der Waals surface area contributed by atoms with Gasteiger partial charge in [0.15, 0.2) is 5.96 Å². The average Bonchev–Trinajstić information content (AvgIpc) is 2.73. The van der Waals surface area contributed by atoms with Gasteiger partial charge in [-0.05, 0) is 24.6 Å². The number of aliphatic imine (C=N–C) groups is 1. The first-order valence-corrected chi connectivity index (χ1v) is 8.99. The van der Waals surface area contributed by atoms with Gasteiger partial charge in [0, 0.05) is 19.2 Å². The molecule has 9 nitrogen and oxygen atoms in total. The Balaban J connectivity index is 1.77. The normalized spacial score (nSPS) is 24.0. The summed E-state index contributed by atoms with van der Waals surface area (Å²) >= 11 is 0. The minimum atomic E-state index is -1.25. The summed E-state index contributed by atoms with van der Waals surface area (Å²) in [5.74, 6) is -0.553. The third-order valence-corrected chi connectivity index (χ3v) is 5.16. The molecule has 10 heteroatoms. The van der Waals surface area contributed by atoms with Gasteiger partial charge in [0.05, 0.1) is 32.0 Å². The van der Waals surface area contributed by atoms with Crippen LogP contribution in [-0.2, 0) is 15.1 Å². The third-order valence-electron chi connectivity index (χ3n) is 5.16. The Bertz CT molecular complexity index is 985. The van der Waals surface area contributed by atoms with E-state index in [1.54, 1.807) is 7.05 Å². The zero-order valence-corrected chi connectivity index (χ0v) is 16.0. The molecule has 0 bridgehead atoms. The Morgan fingerprint density at radius 2 is 2.14 bits per heavy atom. The van der Waals surface area contributed by atoms with Crippen molar-refractivity contribution < 1.29 is 23.4 Å². The first-order chi connectivity index (χ1) is 13.9. The number of fused-ring (bicyclic) bond motifs is 1. The Kier molecular flexibility index (Phi) is 4.79. The second-order valence-corrected chi connectivity index (χ2v) is 6.83. The van der Waals surface area contributed by atoms with Gasteiger partial charge in [-0.25, -0.2) is 9.38 Å². The fraction of sp³-hybridized carbons (Fsp3) is 0.368. The number of aromatic nitrogens is 2. The lowest BCUT2D eigenvalue weighted by Crippen LogP contribution is -2.58. The molecule has 29 heavy (non-hydrogen) atoms. The van der Waals surface area contributed by atoms with Crippen LogP contribution in [0.4, 0.5) is 4.39 Å². The van der Waals surface area contributed by atoms with Gasteiger partial charge in [-0.2, -0.15) is 4.98 Å². The highest BCUT2D eigenvalue weighted by molar-refractivity contribution is 6.00. The maximum atomic E-state index is 14.9. The lowest BCUT2D eigenvalue weighted by molar-refractivity contribution is -0.140. The average molecular weight is 401 g/mol. The van der Waals surface area contributed by atoms with E-state index in [1.807, 2.05) is 0 Å². The summed E-state index contributed by atoms with van der Waals surface area (Å²) in [6.07, 6.45) is 3.25. The van der Waals surface area contributed by atoms with Crippen LogP contribution < -0.4 is 15.2 Å². The number of ether oxygens (including phenoxy) is 3. The maximum Gasteiger partial charge on any atom is 0.241 e. The zero-order valence-electron chi connectivity index (χ0n) is 16.0. The monoisotopic (exact) mass is 401 g/mol. The Labute approximate surface area is 166 Å². The van der Waals surface area contributed by atoms with E-state index in [0.717, 1.165) is 0 Å². The minimum absolute atomic E-state index is 0.0149. The summed E-state index contributed by atoms with van der Waals surface area (Å²) in [7, 11) is 3.02. The standard InChI is InChI=1S/C19H20FN5O4/c1-25-17(26)12-5-6-28-10-19(12,24-18(25)21)13-7-11(3-4-14(13)20)29-16-9-22-8-15(23-16)27-2/h3-4,7-9,12H,5-6,10H2,1-2H3,(H2,21,24). The van der Waals surface area contributed by atoms with Crippen molar-refractivity contribution in [3.8, 4) is 17.5 Å². The Morgan fingerprint density at radius 3 is 2.93 bits per heavy atom. The van der Waals surface area contributed by atoms with Crippen molar-refractivity contribution in [3.05, 3.63) is 42.0 Å². The SMILES string of the molecule is COc1cncc(Oc2ccc(F)c(C34COCCC3C(=O)N(C)C(N)=N4)c2)n1. The molecule has 1 aromatic carbocycles. The summed E-state index contributed by atoms with van der Waals surface area (Å²) in [5.41, 5.74) is 4.88. The number of hydrogen-bond acceptors (Lipinski definition) is 8. The van der Waals surface area contributed by atoms with E-state index < -0.39 is 17.3 Å². The van der Waals surface area contributed by atoms with Crippen LogP contribution in [0.3, 0.4) is 0 Å². The molecule has 0 spiro atoms. The van der Waals surface area contributed by atoms with E-state index in [9.17, 15) is 9.18 Å². The topological polar surface area (TPSA) is 112 Å². The zero-order chi connectivity index (χ0) is 20.6. The largest absolute Gasteiger partial charge is 0.480 e. The van der Waals surface area contributed by atoms with E-state index in [-0.39, 0.29) is 35.8 Å². The van der Waals surface area contributed by atoms with Crippen LogP contribution in [0.15, 0.2) is 35.6 Å². The van der Waals surface area contributed by atoms with Crippen LogP contribution in [0.1, 0.15) is 12.0 Å². The lowest BCUT2D eigenvalue weighted by atomic mass is 9.74. The highest BCUT2D eigenvalue weighted by atomic mass is 19.1. The molecule has 2 aromatic rings. The Hall–Kier alpha value is -3.27. The molecule has 2 N–H and O–H groups in total. The molecular weight excluding hydrogens is 381 g/mol. The number of hydrogen-bond donors (Lipinski definition) is 1. The van der Waals surface area contributed by atoms with Gasteiger partial charge in [0.25, 0.3) is 0 Å². The summed E-state index contributed by atoms with van der Waals surface area (Å²) in [6, 6.07) is 4.21. The maximum absolute atomic E-state index is 14.9. The van der Waals surface area contributed by atoms with E-state index in [1.165, 1.54) is 42.6 Å². The highest BCUT2D eigenvalue weighted by Crippen LogP contribution is 2.44. The number of benzene rings is 1. The molecule has 2 aliphatic rings. The first kappa shape index (κ1) is 19.1. The summed E-state index contributed by atoms with van der Waals surface area (Å²) in [6.45, 7) is 0.427. The van der Waals surface area contributed by atoms with Gasteiger partial charge < -0.3 is 19.9 Å². The summed E-state index contributed by atoms with van der Waals surface area (Å²) in [5, 5.41) is 0. The van der Waals surface area contributed by atoms with E-state index >= 15 is 0 Å².